The summed E-state index contributed by atoms with van der Waals surface area (Å²) in [4.78, 5) is 11.8. The summed E-state index contributed by atoms with van der Waals surface area (Å²) in [7, 11) is 0. The Morgan fingerprint density at radius 1 is 1.00 bits per heavy atom. The first kappa shape index (κ1) is 17.0. The Labute approximate surface area is 137 Å². The summed E-state index contributed by atoms with van der Waals surface area (Å²) < 4.78 is 11.5. The highest BCUT2D eigenvalue weighted by Crippen LogP contribution is 2.18. The maximum atomic E-state index is 11.8. The van der Waals surface area contributed by atoms with E-state index < -0.39 is 18.1 Å². The van der Waals surface area contributed by atoms with E-state index in [1.54, 1.807) is 6.92 Å². The SMILES string of the molecule is C[C@H](N)C(=O)O[C@@H](C)[C@@H](Cc1ccccc1)Oc1ccccc1. The van der Waals surface area contributed by atoms with Crippen LogP contribution in [0, 0.1) is 0 Å². The third-order valence-corrected chi connectivity index (χ3v) is 3.51. The molecule has 3 atom stereocenters. The van der Waals surface area contributed by atoms with Gasteiger partial charge in [0.05, 0.1) is 0 Å². The largest absolute Gasteiger partial charge is 0.486 e. The molecule has 122 valence electrons. The summed E-state index contributed by atoms with van der Waals surface area (Å²) in [5.41, 5.74) is 6.70. The number of carbonyl (C=O) groups is 1. The molecule has 2 rings (SSSR count). The minimum absolute atomic E-state index is 0.289. The molecule has 2 N–H and O–H groups in total. The van der Waals surface area contributed by atoms with Gasteiger partial charge < -0.3 is 15.2 Å². The molecular formula is C19H23NO3. The van der Waals surface area contributed by atoms with Crippen LogP contribution in [0.3, 0.4) is 0 Å². The fourth-order valence-electron chi connectivity index (χ4n) is 2.19. The van der Waals surface area contributed by atoms with E-state index in [9.17, 15) is 4.79 Å². The maximum absolute atomic E-state index is 11.8. The van der Waals surface area contributed by atoms with Crippen LogP contribution in [0.5, 0.6) is 5.75 Å². The molecule has 4 heteroatoms. The Kier molecular flexibility index (Phi) is 6.18. The smallest absolute Gasteiger partial charge is 0.323 e. The maximum Gasteiger partial charge on any atom is 0.323 e. The molecule has 0 aliphatic heterocycles. The van der Waals surface area contributed by atoms with E-state index in [4.69, 9.17) is 15.2 Å². The predicted molar refractivity (Wildman–Crippen MR) is 90.2 cm³/mol. The molecule has 2 aromatic carbocycles. The fourth-order valence-corrected chi connectivity index (χ4v) is 2.19. The van der Waals surface area contributed by atoms with Crippen LogP contribution in [-0.2, 0) is 16.0 Å². The van der Waals surface area contributed by atoms with E-state index in [-0.39, 0.29) is 6.10 Å². The summed E-state index contributed by atoms with van der Waals surface area (Å²) in [6, 6.07) is 18.9. The molecule has 0 fully saturated rings. The van der Waals surface area contributed by atoms with Crippen LogP contribution in [0.1, 0.15) is 19.4 Å². The lowest BCUT2D eigenvalue weighted by Gasteiger charge is -2.26. The zero-order valence-electron chi connectivity index (χ0n) is 13.5. The molecule has 0 unspecified atom stereocenters. The van der Waals surface area contributed by atoms with Gasteiger partial charge in [-0.3, -0.25) is 4.79 Å². The van der Waals surface area contributed by atoms with Crippen LogP contribution in [-0.4, -0.2) is 24.2 Å². The van der Waals surface area contributed by atoms with E-state index in [1.165, 1.54) is 0 Å². The molecule has 0 spiro atoms. The summed E-state index contributed by atoms with van der Waals surface area (Å²) in [5, 5.41) is 0. The van der Waals surface area contributed by atoms with Crippen LogP contribution in [0.15, 0.2) is 60.7 Å². The average molecular weight is 313 g/mol. The molecule has 0 aliphatic carbocycles. The van der Waals surface area contributed by atoms with Crippen molar-refractivity contribution in [3.8, 4) is 5.75 Å². The monoisotopic (exact) mass is 313 g/mol. The first-order chi connectivity index (χ1) is 11.1. The third-order valence-electron chi connectivity index (χ3n) is 3.51. The van der Waals surface area contributed by atoms with Gasteiger partial charge in [-0.25, -0.2) is 0 Å². The molecule has 0 aliphatic rings. The number of hydrogen-bond acceptors (Lipinski definition) is 4. The van der Waals surface area contributed by atoms with Crippen LogP contribution in [0.4, 0.5) is 0 Å². The number of hydrogen-bond donors (Lipinski definition) is 1. The topological polar surface area (TPSA) is 61.6 Å². The number of para-hydroxylation sites is 1. The van der Waals surface area contributed by atoms with Crippen LogP contribution in [0.2, 0.25) is 0 Å². The molecule has 0 amide bonds. The second kappa shape index (κ2) is 8.34. The lowest BCUT2D eigenvalue weighted by atomic mass is 10.0. The van der Waals surface area contributed by atoms with Gasteiger partial charge in [0.2, 0.25) is 0 Å². The van der Waals surface area contributed by atoms with Gasteiger partial charge in [0.15, 0.2) is 0 Å². The van der Waals surface area contributed by atoms with E-state index >= 15 is 0 Å². The molecule has 0 heterocycles. The van der Waals surface area contributed by atoms with Gasteiger partial charge in [-0.15, -0.1) is 0 Å². The van der Waals surface area contributed by atoms with E-state index in [1.807, 2.05) is 67.6 Å². The minimum atomic E-state index is -0.647. The second-order valence-electron chi connectivity index (χ2n) is 5.59. The van der Waals surface area contributed by atoms with Crippen molar-refractivity contribution in [1.82, 2.24) is 0 Å². The highest BCUT2D eigenvalue weighted by atomic mass is 16.6. The molecule has 0 aromatic heterocycles. The Hall–Kier alpha value is -2.33. The minimum Gasteiger partial charge on any atom is -0.486 e. The molecule has 0 radical (unpaired) electrons. The van der Waals surface area contributed by atoms with Gasteiger partial charge >= 0.3 is 5.97 Å². The van der Waals surface area contributed by atoms with Crippen LogP contribution < -0.4 is 10.5 Å². The second-order valence-corrected chi connectivity index (χ2v) is 5.59. The van der Waals surface area contributed by atoms with Crippen molar-refractivity contribution in [2.24, 2.45) is 5.73 Å². The number of rotatable bonds is 7. The normalized spacial score (nSPS) is 14.6. The Bertz CT molecular complexity index is 557. The summed E-state index contributed by atoms with van der Waals surface area (Å²) >= 11 is 0. The van der Waals surface area contributed by atoms with Gasteiger partial charge in [0.25, 0.3) is 0 Å². The van der Waals surface area contributed by atoms with Crippen LogP contribution >= 0.6 is 0 Å². The number of esters is 1. The standard InChI is InChI=1S/C19H23NO3/c1-14(20)19(21)22-15(2)18(13-16-9-5-3-6-10-16)23-17-11-7-4-8-12-17/h3-12,14-15,18H,13,20H2,1-2H3/t14-,15-,18+/m0/s1. The van der Waals surface area contributed by atoms with Gasteiger partial charge in [0, 0.05) is 6.42 Å². The number of benzene rings is 2. The molecule has 2 aromatic rings. The lowest BCUT2D eigenvalue weighted by Crippen LogP contribution is -2.39. The van der Waals surface area contributed by atoms with Gasteiger partial charge in [-0.05, 0) is 31.5 Å². The quantitative estimate of drug-likeness (QED) is 0.798. The first-order valence-corrected chi connectivity index (χ1v) is 7.78. The Morgan fingerprint density at radius 2 is 1.57 bits per heavy atom. The van der Waals surface area contributed by atoms with Gasteiger partial charge in [-0.1, -0.05) is 48.5 Å². The zero-order chi connectivity index (χ0) is 16.7. The number of carbonyl (C=O) groups excluding carboxylic acids is 1. The molecule has 0 saturated heterocycles. The average Bonchev–Trinajstić information content (AvgIpc) is 2.56. The van der Waals surface area contributed by atoms with Crippen LogP contribution in [0.25, 0.3) is 0 Å². The van der Waals surface area contributed by atoms with Crippen molar-refractivity contribution in [2.75, 3.05) is 0 Å². The summed E-state index contributed by atoms with van der Waals surface area (Å²) in [5.74, 6) is 0.323. The van der Waals surface area contributed by atoms with Crippen molar-refractivity contribution >= 4 is 5.97 Å². The Morgan fingerprint density at radius 3 is 2.13 bits per heavy atom. The zero-order valence-corrected chi connectivity index (χ0v) is 13.5. The molecule has 23 heavy (non-hydrogen) atoms. The van der Waals surface area contributed by atoms with E-state index in [2.05, 4.69) is 0 Å². The summed E-state index contributed by atoms with van der Waals surface area (Å²) in [6.45, 7) is 3.44. The predicted octanol–water partition coefficient (Wildman–Crippen LogP) is 2.96. The highest BCUT2D eigenvalue weighted by molar-refractivity contribution is 5.75. The van der Waals surface area contributed by atoms with Crippen molar-refractivity contribution in [3.05, 3.63) is 66.2 Å². The van der Waals surface area contributed by atoms with Crippen molar-refractivity contribution < 1.29 is 14.3 Å². The van der Waals surface area contributed by atoms with E-state index in [0.29, 0.717) is 6.42 Å². The number of nitrogens with two attached hydrogens (primary N) is 1. The van der Waals surface area contributed by atoms with Gasteiger partial charge in [-0.2, -0.15) is 0 Å². The molecule has 4 nitrogen and oxygen atoms in total. The third kappa shape index (κ3) is 5.42. The van der Waals surface area contributed by atoms with E-state index in [0.717, 1.165) is 11.3 Å². The fraction of sp³-hybridized carbons (Fsp3) is 0.316. The highest BCUT2D eigenvalue weighted by Gasteiger charge is 2.24. The number of ether oxygens (including phenoxy) is 2. The summed E-state index contributed by atoms with van der Waals surface area (Å²) in [6.07, 6.45) is -0.0558. The molecular weight excluding hydrogens is 290 g/mol. The van der Waals surface area contributed by atoms with Crippen molar-refractivity contribution in [1.29, 1.82) is 0 Å². The molecule has 0 saturated carbocycles. The Balaban J connectivity index is 2.11. The lowest BCUT2D eigenvalue weighted by molar-refractivity contribution is -0.153. The van der Waals surface area contributed by atoms with Crippen molar-refractivity contribution in [2.45, 2.75) is 38.5 Å². The molecule has 0 bridgehead atoms. The van der Waals surface area contributed by atoms with Gasteiger partial charge in [0.1, 0.15) is 24.0 Å². The first-order valence-electron chi connectivity index (χ1n) is 7.78. The van der Waals surface area contributed by atoms with Crippen molar-refractivity contribution in [3.63, 3.8) is 0 Å².